The number of aromatic carboxylic acids is 1. The lowest BCUT2D eigenvalue weighted by molar-refractivity contribution is 0.0692. The second-order valence-corrected chi connectivity index (χ2v) is 3.10. The molecule has 0 aliphatic rings. The summed E-state index contributed by atoms with van der Waals surface area (Å²) >= 11 is 5.77. The Kier molecular flexibility index (Phi) is 3.80. The van der Waals surface area contributed by atoms with Crippen LogP contribution in [0.4, 0.5) is 0 Å². The van der Waals surface area contributed by atoms with Gasteiger partial charge < -0.3 is 14.6 Å². The fourth-order valence-corrected chi connectivity index (χ4v) is 1.42. The van der Waals surface area contributed by atoms with Gasteiger partial charge in [-0.05, 0) is 19.1 Å². The Labute approximate surface area is 92.4 Å². The van der Waals surface area contributed by atoms with E-state index in [4.69, 9.17) is 26.2 Å². The van der Waals surface area contributed by atoms with Crippen LogP contribution in [0.15, 0.2) is 12.1 Å². The van der Waals surface area contributed by atoms with Crippen LogP contribution in [0.1, 0.15) is 17.3 Å². The summed E-state index contributed by atoms with van der Waals surface area (Å²) in [5.41, 5.74) is -0.0714. The molecular formula is C10H11ClO4. The summed E-state index contributed by atoms with van der Waals surface area (Å²) in [7, 11) is 1.44. The highest BCUT2D eigenvalue weighted by Crippen LogP contribution is 2.35. The standard InChI is InChI=1S/C10H11ClO4/c1-3-15-9-7(14-2)5-4-6(11)8(9)10(12)13/h4-5H,3H2,1-2H3,(H,12,13). The summed E-state index contributed by atoms with van der Waals surface area (Å²) in [6.07, 6.45) is 0. The predicted octanol–water partition coefficient (Wildman–Crippen LogP) is 2.45. The van der Waals surface area contributed by atoms with Crippen LogP contribution >= 0.6 is 11.6 Å². The molecule has 0 heterocycles. The van der Waals surface area contributed by atoms with E-state index in [1.165, 1.54) is 13.2 Å². The Morgan fingerprint density at radius 2 is 2.20 bits per heavy atom. The van der Waals surface area contributed by atoms with Gasteiger partial charge in [0, 0.05) is 0 Å². The molecule has 0 saturated carbocycles. The van der Waals surface area contributed by atoms with Crippen LogP contribution in [0.3, 0.4) is 0 Å². The molecule has 1 aromatic carbocycles. The molecule has 0 amide bonds. The minimum Gasteiger partial charge on any atom is -0.493 e. The average molecular weight is 231 g/mol. The van der Waals surface area contributed by atoms with Gasteiger partial charge in [0.25, 0.3) is 0 Å². The van der Waals surface area contributed by atoms with Crippen LogP contribution in [-0.4, -0.2) is 24.8 Å². The third-order valence-electron chi connectivity index (χ3n) is 1.79. The molecule has 0 aliphatic carbocycles. The summed E-state index contributed by atoms with van der Waals surface area (Å²) in [4.78, 5) is 11.0. The molecule has 0 aromatic heterocycles. The first kappa shape index (κ1) is 11.7. The van der Waals surface area contributed by atoms with Crippen molar-refractivity contribution in [3.05, 3.63) is 22.7 Å². The van der Waals surface area contributed by atoms with E-state index in [0.717, 1.165) is 0 Å². The fourth-order valence-electron chi connectivity index (χ4n) is 1.19. The lowest BCUT2D eigenvalue weighted by atomic mass is 10.2. The van der Waals surface area contributed by atoms with Crippen molar-refractivity contribution < 1.29 is 19.4 Å². The van der Waals surface area contributed by atoms with Gasteiger partial charge in [0.05, 0.1) is 18.7 Å². The van der Waals surface area contributed by atoms with Crippen LogP contribution < -0.4 is 9.47 Å². The maximum atomic E-state index is 11.0. The lowest BCUT2D eigenvalue weighted by Gasteiger charge is -2.12. The number of carboxylic acids is 1. The second kappa shape index (κ2) is 4.89. The molecule has 0 unspecified atom stereocenters. The zero-order valence-corrected chi connectivity index (χ0v) is 9.17. The van der Waals surface area contributed by atoms with Gasteiger partial charge in [0.2, 0.25) is 0 Å². The van der Waals surface area contributed by atoms with E-state index in [2.05, 4.69) is 0 Å². The van der Waals surface area contributed by atoms with Crippen molar-refractivity contribution in [2.24, 2.45) is 0 Å². The Morgan fingerprint density at radius 1 is 1.53 bits per heavy atom. The van der Waals surface area contributed by atoms with Crippen LogP contribution in [0.2, 0.25) is 5.02 Å². The molecule has 82 valence electrons. The zero-order valence-electron chi connectivity index (χ0n) is 8.41. The van der Waals surface area contributed by atoms with E-state index >= 15 is 0 Å². The van der Waals surface area contributed by atoms with Gasteiger partial charge in [0.15, 0.2) is 11.5 Å². The largest absolute Gasteiger partial charge is 0.493 e. The minimum absolute atomic E-state index is 0.0714. The maximum absolute atomic E-state index is 11.0. The fraction of sp³-hybridized carbons (Fsp3) is 0.300. The molecule has 0 fully saturated rings. The van der Waals surface area contributed by atoms with Gasteiger partial charge in [0.1, 0.15) is 5.56 Å². The van der Waals surface area contributed by atoms with Crippen molar-refractivity contribution >= 4 is 17.6 Å². The smallest absolute Gasteiger partial charge is 0.341 e. The number of benzene rings is 1. The van der Waals surface area contributed by atoms with Crippen LogP contribution in [-0.2, 0) is 0 Å². The monoisotopic (exact) mass is 230 g/mol. The quantitative estimate of drug-likeness (QED) is 0.863. The highest BCUT2D eigenvalue weighted by atomic mass is 35.5. The molecule has 1 N–H and O–H groups in total. The first-order valence-corrected chi connectivity index (χ1v) is 4.72. The molecule has 0 spiro atoms. The topological polar surface area (TPSA) is 55.8 Å². The first-order valence-electron chi connectivity index (χ1n) is 4.34. The van der Waals surface area contributed by atoms with Crippen LogP contribution in [0, 0.1) is 0 Å². The third kappa shape index (κ3) is 2.33. The van der Waals surface area contributed by atoms with E-state index in [1.54, 1.807) is 13.0 Å². The first-order chi connectivity index (χ1) is 7.11. The van der Waals surface area contributed by atoms with E-state index in [-0.39, 0.29) is 16.3 Å². The average Bonchev–Trinajstić information content (AvgIpc) is 2.18. The van der Waals surface area contributed by atoms with Crippen LogP contribution in [0.5, 0.6) is 11.5 Å². The number of methoxy groups -OCH3 is 1. The van der Waals surface area contributed by atoms with Crippen molar-refractivity contribution in [2.75, 3.05) is 13.7 Å². The Balaban J connectivity index is 3.36. The van der Waals surface area contributed by atoms with Crippen molar-refractivity contribution in [1.29, 1.82) is 0 Å². The molecule has 4 nitrogen and oxygen atoms in total. The highest BCUT2D eigenvalue weighted by molar-refractivity contribution is 6.34. The summed E-state index contributed by atoms with van der Waals surface area (Å²) in [5.74, 6) is -0.610. The van der Waals surface area contributed by atoms with E-state index in [1.807, 2.05) is 0 Å². The molecule has 5 heteroatoms. The van der Waals surface area contributed by atoms with Gasteiger partial charge in [-0.25, -0.2) is 4.79 Å². The Morgan fingerprint density at radius 3 is 2.67 bits per heavy atom. The SMILES string of the molecule is CCOc1c(OC)ccc(Cl)c1C(=O)O. The Hall–Kier alpha value is -1.42. The van der Waals surface area contributed by atoms with E-state index in [9.17, 15) is 4.79 Å². The molecular weight excluding hydrogens is 220 g/mol. The lowest BCUT2D eigenvalue weighted by Crippen LogP contribution is -2.05. The number of ether oxygens (including phenoxy) is 2. The molecule has 0 atom stereocenters. The minimum atomic E-state index is -1.14. The number of carboxylic acid groups (broad SMARTS) is 1. The molecule has 0 bridgehead atoms. The zero-order chi connectivity index (χ0) is 11.4. The summed E-state index contributed by atoms with van der Waals surface area (Å²) < 4.78 is 10.2. The maximum Gasteiger partial charge on any atom is 0.341 e. The van der Waals surface area contributed by atoms with Crippen molar-refractivity contribution in [1.82, 2.24) is 0 Å². The molecule has 0 saturated heterocycles. The molecule has 0 aliphatic heterocycles. The van der Waals surface area contributed by atoms with Gasteiger partial charge in [-0.15, -0.1) is 0 Å². The molecule has 15 heavy (non-hydrogen) atoms. The summed E-state index contributed by atoms with van der Waals surface area (Å²) in [5, 5.41) is 9.10. The summed E-state index contributed by atoms with van der Waals surface area (Å²) in [6.45, 7) is 2.10. The molecule has 1 aromatic rings. The Bertz CT molecular complexity index is 376. The third-order valence-corrected chi connectivity index (χ3v) is 2.11. The van der Waals surface area contributed by atoms with Gasteiger partial charge in [-0.3, -0.25) is 0 Å². The van der Waals surface area contributed by atoms with Crippen molar-refractivity contribution in [3.63, 3.8) is 0 Å². The second-order valence-electron chi connectivity index (χ2n) is 2.69. The van der Waals surface area contributed by atoms with Gasteiger partial charge in [-0.2, -0.15) is 0 Å². The van der Waals surface area contributed by atoms with Crippen molar-refractivity contribution in [2.45, 2.75) is 6.92 Å². The number of hydrogen-bond acceptors (Lipinski definition) is 3. The number of carbonyl (C=O) groups is 1. The molecule has 1 rings (SSSR count). The van der Waals surface area contributed by atoms with Crippen LogP contribution in [0.25, 0.3) is 0 Å². The number of rotatable bonds is 4. The number of halogens is 1. The van der Waals surface area contributed by atoms with Crippen molar-refractivity contribution in [3.8, 4) is 11.5 Å². The predicted molar refractivity (Wildman–Crippen MR) is 56.1 cm³/mol. The number of hydrogen-bond donors (Lipinski definition) is 1. The normalized spacial score (nSPS) is 9.80. The van der Waals surface area contributed by atoms with E-state index < -0.39 is 5.97 Å². The highest BCUT2D eigenvalue weighted by Gasteiger charge is 2.20. The van der Waals surface area contributed by atoms with Gasteiger partial charge in [-0.1, -0.05) is 11.6 Å². The summed E-state index contributed by atoms with van der Waals surface area (Å²) in [6, 6.07) is 3.03. The van der Waals surface area contributed by atoms with E-state index in [0.29, 0.717) is 12.4 Å². The molecule has 0 radical (unpaired) electrons. The van der Waals surface area contributed by atoms with Gasteiger partial charge >= 0.3 is 5.97 Å².